The van der Waals surface area contributed by atoms with E-state index in [1.54, 1.807) is 0 Å². The Morgan fingerprint density at radius 3 is 2.81 bits per heavy atom. The van der Waals surface area contributed by atoms with Crippen molar-refractivity contribution in [2.24, 2.45) is 0 Å². The third-order valence-corrected chi connectivity index (χ3v) is 4.35. The molecule has 0 radical (unpaired) electrons. The molecule has 0 amide bonds. The van der Waals surface area contributed by atoms with Crippen molar-refractivity contribution in [2.75, 3.05) is 7.05 Å². The van der Waals surface area contributed by atoms with E-state index in [2.05, 4.69) is 52.4 Å². The van der Waals surface area contributed by atoms with Crippen LogP contribution in [0.2, 0.25) is 0 Å². The first-order valence-electron chi connectivity index (χ1n) is 5.85. The number of nitrogens with one attached hydrogen (secondary N) is 1. The molecule has 2 heteroatoms. The maximum Gasteiger partial charge on any atom is 0.0544 e. The molecule has 0 aliphatic heterocycles. The van der Waals surface area contributed by atoms with Crippen LogP contribution in [0.25, 0.3) is 0 Å². The molecule has 0 bridgehead atoms. The van der Waals surface area contributed by atoms with E-state index in [1.165, 1.54) is 40.4 Å². The van der Waals surface area contributed by atoms with Gasteiger partial charge in [-0.2, -0.15) is 0 Å². The molecule has 0 saturated carbocycles. The Labute approximate surface area is 106 Å². The highest BCUT2D eigenvalue weighted by Gasteiger charge is 2.19. The molecule has 1 atom stereocenters. The van der Waals surface area contributed by atoms with Crippen molar-refractivity contribution in [1.29, 1.82) is 0 Å². The van der Waals surface area contributed by atoms with Crippen LogP contribution in [0.1, 0.15) is 36.4 Å². The molecular formula is C14H18BrN. The molecule has 2 rings (SSSR count). The highest BCUT2D eigenvalue weighted by molar-refractivity contribution is 9.10. The van der Waals surface area contributed by atoms with Gasteiger partial charge in [-0.15, -0.1) is 0 Å². The van der Waals surface area contributed by atoms with Gasteiger partial charge in [-0.25, -0.2) is 0 Å². The maximum absolute atomic E-state index is 3.70. The maximum atomic E-state index is 3.70. The molecule has 16 heavy (non-hydrogen) atoms. The summed E-state index contributed by atoms with van der Waals surface area (Å²) in [6.07, 6.45) is 6.15. The van der Waals surface area contributed by atoms with Crippen LogP contribution >= 0.6 is 15.9 Å². The van der Waals surface area contributed by atoms with Gasteiger partial charge in [0.15, 0.2) is 0 Å². The minimum atomic E-state index is 0.372. The zero-order valence-corrected chi connectivity index (χ0v) is 11.5. The molecule has 0 aromatic heterocycles. The van der Waals surface area contributed by atoms with Crippen molar-refractivity contribution in [3.8, 4) is 0 Å². The Balaban J connectivity index is 2.36. The smallest absolute Gasteiger partial charge is 0.0544 e. The summed E-state index contributed by atoms with van der Waals surface area (Å²) < 4.78 is 1.24. The Morgan fingerprint density at radius 2 is 2.19 bits per heavy atom. The Hall–Kier alpha value is -0.600. The summed E-state index contributed by atoms with van der Waals surface area (Å²) >= 11 is 3.70. The highest BCUT2D eigenvalue weighted by atomic mass is 79.9. The minimum Gasteiger partial charge on any atom is -0.310 e. The van der Waals surface area contributed by atoms with E-state index in [-0.39, 0.29) is 0 Å². The molecule has 0 saturated heterocycles. The Bertz CT molecular complexity index is 409. The van der Waals surface area contributed by atoms with Crippen molar-refractivity contribution in [3.63, 3.8) is 0 Å². The second-order valence-corrected chi connectivity index (χ2v) is 5.16. The summed E-state index contributed by atoms with van der Waals surface area (Å²) in [4.78, 5) is 0. The van der Waals surface area contributed by atoms with E-state index >= 15 is 0 Å². The first-order valence-corrected chi connectivity index (χ1v) is 6.64. The van der Waals surface area contributed by atoms with Crippen molar-refractivity contribution in [2.45, 2.75) is 32.2 Å². The second kappa shape index (κ2) is 5.15. The fourth-order valence-electron chi connectivity index (χ4n) is 2.39. The molecule has 0 spiro atoms. The summed E-state index contributed by atoms with van der Waals surface area (Å²) in [7, 11) is 2.04. The van der Waals surface area contributed by atoms with Crippen LogP contribution in [-0.4, -0.2) is 7.05 Å². The molecule has 0 heterocycles. The van der Waals surface area contributed by atoms with Crippen LogP contribution in [0.15, 0.2) is 34.3 Å². The molecule has 1 unspecified atom stereocenters. The topological polar surface area (TPSA) is 12.0 Å². The van der Waals surface area contributed by atoms with Gasteiger partial charge in [0.1, 0.15) is 0 Å². The van der Waals surface area contributed by atoms with Crippen LogP contribution < -0.4 is 5.32 Å². The molecular weight excluding hydrogens is 262 g/mol. The summed E-state index contributed by atoms with van der Waals surface area (Å²) in [5.41, 5.74) is 4.20. The summed E-state index contributed by atoms with van der Waals surface area (Å²) in [6.45, 7) is 2.14. The molecule has 1 N–H and O–H groups in total. The van der Waals surface area contributed by atoms with Gasteiger partial charge in [0.05, 0.1) is 6.04 Å². The first kappa shape index (κ1) is 11.9. The van der Waals surface area contributed by atoms with Crippen LogP contribution in [0.3, 0.4) is 0 Å². The van der Waals surface area contributed by atoms with Crippen LogP contribution in [-0.2, 0) is 0 Å². The lowest BCUT2D eigenvalue weighted by Gasteiger charge is -2.20. The highest BCUT2D eigenvalue weighted by Crippen LogP contribution is 2.35. The van der Waals surface area contributed by atoms with Gasteiger partial charge in [-0.1, -0.05) is 45.8 Å². The monoisotopic (exact) mass is 279 g/mol. The van der Waals surface area contributed by atoms with Crippen molar-refractivity contribution in [3.05, 3.63) is 45.4 Å². The molecule has 86 valence electrons. The van der Waals surface area contributed by atoms with E-state index in [0.717, 1.165) is 0 Å². The van der Waals surface area contributed by atoms with Gasteiger partial charge in [0.2, 0.25) is 0 Å². The number of likely N-dealkylation sites (N-methyl/N-ethyl adjacent to an activating group) is 1. The number of allylic oxidation sites excluding steroid dienone is 1. The number of aryl methyl sites for hydroxylation is 1. The molecule has 1 aliphatic rings. The number of benzene rings is 1. The molecule has 1 nitrogen and oxygen atoms in total. The quantitative estimate of drug-likeness (QED) is 0.821. The zero-order valence-electron chi connectivity index (χ0n) is 9.89. The normalized spacial score (nSPS) is 17.3. The van der Waals surface area contributed by atoms with Gasteiger partial charge >= 0.3 is 0 Å². The predicted molar refractivity (Wildman–Crippen MR) is 72.6 cm³/mol. The zero-order chi connectivity index (χ0) is 11.5. The molecule has 0 fully saturated rings. The number of hydrogen-bond donors (Lipinski definition) is 1. The average Bonchev–Trinajstić information content (AvgIpc) is 2.79. The van der Waals surface area contributed by atoms with Crippen molar-refractivity contribution < 1.29 is 0 Å². The van der Waals surface area contributed by atoms with Crippen molar-refractivity contribution >= 4 is 15.9 Å². The fraction of sp³-hybridized carbons (Fsp3) is 0.429. The van der Waals surface area contributed by atoms with Gasteiger partial charge in [0.25, 0.3) is 0 Å². The van der Waals surface area contributed by atoms with Crippen molar-refractivity contribution in [1.82, 2.24) is 5.32 Å². The third kappa shape index (κ3) is 2.23. The lowest BCUT2D eigenvalue weighted by molar-refractivity contribution is 0.653. The van der Waals surface area contributed by atoms with E-state index < -0.39 is 0 Å². The van der Waals surface area contributed by atoms with Gasteiger partial charge < -0.3 is 5.32 Å². The summed E-state index contributed by atoms with van der Waals surface area (Å²) in [5.74, 6) is 0. The lowest BCUT2D eigenvalue weighted by Crippen LogP contribution is -2.18. The second-order valence-electron chi connectivity index (χ2n) is 4.37. The van der Waals surface area contributed by atoms with Gasteiger partial charge in [-0.3, -0.25) is 0 Å². The van der Waals surface area contributed by atoms with E-state index in [1.807, 2.05) is 7.05 Å². The number of halogens is 1. The van der Waals surface area contributed by atoms with E-state index in [0.29, 0.717) is 6.04 Å². The Kier molecular flexibility index (Phi) is 3.82. The molecule has 1 aromatic carbocycles. The minimum absolute atomic E-state index is 0.372. The standard InChI is InChI=1S/C14H18BrN/c1-10-6-5-9-12(13(10)15)14(16-2)11-7-3-4-8-11/h5-7,9,14,16H,3-4,8H2,1-2H3. The number of rotatable bonds is 3. The predicted octanol–water partition coefficient (Wildman–Crippen LogP) is 4.13. The Morgan fingerprint density at radius 1 is 1.38 bits per heavy atom. The summed E-state index contributed by atoms with van der Waals surface area (Å²) in [6, 6.07) is 6.85. The first-order chi connectivity index (χ1) is 7.74. The van der Waals surface area contributed by atoms with Crippen LogP contribution in [0, 0.1) is 6.92 Å². The largest absolute Gasteiger partial charge is 0.310 e. The SMILES string of the molecule is CNC(C1=CCCC1)c1cccc(C)c1Br. The average molecular weight is 280 g/mol. The molecule has 1 aliphatic carbocycles. The van der Waals surface area contributed by atoms with Crippen LogP contribution in [0.5, 0.6) is 0 Å². The van der Waals surface area contributed by atoms with Gasteiger partial charge in [0, 0.05) is 4.47 Å². The van der Waals surface area contributed by atoms with E-state index in [9.17, 15) is 0 Å². The fourth-order valence-corrected chi connectivity index (χ4v) is 2.88. The number of hydrogen-bond acceptors (Lipinski definition) is 1. The lowest BCUT2D eigenvalue weighted by atomic mass is 9.97. The van der Waals surface area contributed by atoms with Crippen LogP contribution in [0.4, 0.5) is 0 Å². The summed E-state index contributed by atoms with van der Waals surface area (Å²) in [5, 5.41) is 3.43. The van der Waals surface area contributed by atoms with E-state index in [4.69, 9.17) is 0 Å². The molecule has 1 aromatic rings. The van der Waals surface area contributed by atoms with Gasteiger partial charge in [-0.05, 0) is 44.4 Å². The third-order valence-electron chi connectivity index (χ3n) is 3.27.